The maximum Gasteiger partial charge on any atom is 0.137 e. The highest BCUT2D eigenvalue weighted by Crippen LogP contribution is 2.32. The Hall–Kier alpha value is -1.09. The Bertz CT molecular complexity index is 394. The van der Waals surface area contributed by atoms with Crippen molar-refractivity contribution in [2.24, 2.45) is 5.92 Å². The van der Waals surface area contributed by atoms with Crippen LogP contribution in [-0.4, -0.2) is 36.1 Å². The predicted molar refractivity (Wildman–Crippen MR) is 67.2 cm³/mol. The lowest BCUT2D eigenvalue weighted by Crippen LogP contribution is -2.38. The van der Waals surface area contributed by atoms with E-state index in [0.717, 1.165) is 24.1 Å². The number of nitrogens with zero attached hydrogens (tertiary/aromatic N) is 2. The molecule has 3 unspecified atom stereocenters. The quantitative estimate of drug-likeness (QED) is 0.798. The maximum atomic E-state index is 5.23. The highest BCUT2D eigenvalue weighted by Gasteiger charge is 2.33. The third-order valence-electron chi connectivity index (χ3n) is 4.22. The number of pyridine rings is 1. The molecular formula is C14H20N2O. The van der Waals surface area contributed by atoms with Crippen molar-refractivity contribution in [3.63, 3.8) is 0 Å². The van der Waals surface area contributed by atoms with Crippen molar-refractivity contribution in [1.82, 2.24) is 9.88 Å². The summed E-state index contributed by atoms with van der Waals surface area (Å²) in [7, 11) is 1.70. The van der Waals surface area contributed by atoms with Gasteiger partial charge in [-0.3, -0.25) is 9.88 Å². The van der Waals surface area contributed by atoms with E-state index in [1.807, 2.05) is 6.20 Å². The van der Waals surface area contributed by atoms with E-state index >= 15 is 0 Å². The number of piperidine rings is 1. The standard InChI is InChI=1S/C14H20N2O/c1-17-14-7-12(8-15-9-14)6-13-3-2-11-4-5-16(13)10-11/h7-9,11,13H,2-6,10H2,1H3. The molecular weight excluding hydrogens is 212 g/mol. The van der Waals surface area contributed by atoms with Crippen molar-refractivity contribution in [1.29, 1.82) is 0 Å². The van der Waals surface area contributed by atoms with Crippen molar-refractivity contribution in [2.75, 3.05) is 20.2 Å². The minimum Gasteiger partial charge on any atom is -0.495 e. The molecule has 0 amide bonds. The average Bonchev–Trinajstić information content (AvgIpc) is 2.76. The smallest absolute Gasteiger partial charge is 0.137 e. The summed E-state index contributed by atoms with van der Waals surface area (Å²) in [6.07, 6.45) is 9.05. The monoisotopic (exact) mass is 232 g/mol. The number of ether oxygens (including phenoxy) is 1. The summed E-state index contributed by atoms with van der Waals surface area (Å²) in [6, 6.07) is 2.84. The third-order valence-corrected chi connectivity index (χ3v) is 4.22. The van der Waals surface area contributed by atoms with Gasteiger partial charge in [-0.05, 0) is 49.8 Å². The molecule has 0 saturated carbocycles. The largest absolute Gasteiger partial charge is 0.495 e. The second kappa shape index (κ2) is 4.65. The van der Waals surface area contributed by atoms with Gasteiger partial charge in [0.05, 0.1) is 13.3 Å². The molecule has 3 atom stereocenters. The minimum absolute atomic E-state index is 0.725. The van der Waals surface area contributed by atoms with Gasteiger partial charge in [-0.15, -0.1) is 0 Å². The zero-order valence-corrected chi connectivity index (χ0v) is 10.4. The summed E-state index contributed by atoms with van der Waals surface area (Å²) in [5.74, 6) is 1.85. The van der Waals surface area contributed by atoms with Crippen LogP contribution in [0.3, 0.4) is 0 Å². The maximum absolute atomic E-state index is 5.23. The Balaban J connectivity index is 1.69. The van der Waals surface area contributed by atoms with Crippen molar-refractivity contribution < 1.29 is 4.74 Å². The number of hydrogen-bond donors (Lipinski definition) is 0. The van der Waals surface area contributed by atoms with E-state index in [2.05, 4.69) is 16.0 Å². The molecule has 1 aromatic heterocycles. The molecule has 3 heteroatoms. The van der Waals surface area contributed by atoms with Gasteiger partial charge in [0.2, 0.25) is 0 Å². The fraction of sp³-hybridized carbons (Fsp3) is 0.643. The Kier molecular flexibility index (Phi) is 3.02. The molecule has 2 aliphatic heterocycles. The number of hydrogen-bond acceptors (Lipinski definition) is 3. The van der Waals surface area contributed by atoms with E-state index in [4.69, 9.17) is 4.74 Å². The molecule has 0 N–H and O–H groups in total. The van der Waals surface area contributed by atoms with Crippen LogP contribution in [0.5, 0.6) is 5.75 Å². The molecule has 0 spiro atoms. The number of fused-ring (bicyclic) bond motifs is 2. The van der Waals surface area contributed by atoms with Gasteiger partial charge in [0, 0.05) is 18.8 Å². The van der Waals surface area contributed by atoms with Crippen LogP contribution in [0.25, 0.3) is 0 Å². The Morgan fingerprint density at radius 3 is 3.18 bits per heavy atom. The first-order chi connectivity index (χ1) is 8.35. The fourth-order valence-electron chi connectivity index (χ4n) is 3.23. The lowest BCUT2D eigenvalue weighted by Gasteiger charge is -2.32. The summed E-state index contributed by atoms with van der Waals surface area (Å²) < 4.78 is 5.23. The summed E-state index contributed by atoms with van der Waals surface area (Å²) >= 11 is 0. The first-order valence-corrected chi connectivity index (χ1v) is 6.57. The number of rotatable bonds is 3. The second-order valence-corrected chi connectivity index (χ2v) is 5.32. The lowest BCUT2D eigenvalue weighted by atomic mass is 9.93. The van der Waals surface area contributed by atoms with Crippen LogP contribution in [0, 0.1) is 5.92 Å². The number of methoxy groups -OCH3 is 1. The summed E-state index contributed by atoms with van der Waals surface area (Å²) in [6.45, 7) is 2.62. The molecule has 2 bridgehead atoms. The molecule has 0 aromatic carbocycles. The van der Waals surface area contributed by atoms with Crippen LogP contribution in [-0.2, 0) is 6.42 Å². The van der Waals surface area contributed by atoms with Gasteiger partial charge in [0.1, 0.15) is 5.75 Å². The van der Waals surface area contributed by atoms with Crippen molar-refractivity contribution >= 4 is 0 Å². The minimum atomic E-state index is 0.725. The highest BCUT2D eigenvalue weighted by atomic mass is 16.5. The Labute approximate surface area is 103 Å². The van der Waals surface area contributed by atoms with Gasteiger partial charge in [0.25, 0.3) is 0 Å². The SMILES string of the molecule is COc1cncc(CC2CCC3CCN2C3)c1. The van der Waals surface area contributed by atoms with Gasteiger partial charge < -0.3 is 4.74 Å². The van der Waals surface area contributed by atoms with Crippen LogP contribution < -0.4 is 4.74 Å². The average molecular weight is 232 g/mol. The second-order valence-electron chi connectivity index (χ2n) is 5.32. The van der Waals surface area contributed by atoms with Gasteiger partial charge >= 0.3 is 0 Å². The zero-order valence-electron chi connectivity index (χ0n) is 10.4. The van der Waals surface area contributed by atoms with Crippen molar-refractivity contribution in [2.45, 2.75) is 31.7 Å². The van der Waals surface area contributed by atoms with E-state index in [1.165, 1.54) is 37.9 Å². The molecule has 2 aliphatic rings. The van der Waals surface area contributed by atoms with E-state index in [0.29, 0.717) is 0 Å². The molecule has 2 saturated heterocycles. The van der Waals surface area contributed by atoms with Gasteiger partial charge in [-0.1, -0.05) is 0 Å². The van der Waals surface area contributed by atoms with Crippen LogP contribution in [0.2, 0.25) is 0 Å². The Morgan fingerprint density at radius 2 is 2.29 bits per heavy atom. The third kappa shape index (κ3) is 2.29. The molecule has 2 fully saturated rings. The normalized spacial score (nSPS) is 31.5. The van der Waals surface area contributed by atoms with Gasteiger partial charge in [0.15, 0.2) is 0 Å². The van der Waals surface area contributed by atoms with Crippen LogP contribution in [0.4, 0.5) is 0 Å². The summed E-state index contributed by atoms with van der Waals surface area (Å²) in [5, 5.41) is 0. The molecule has 0 aliphatic carbocycles. The van der Waals surface area contributed by atoms with Gasteiger partial charge in [-0.25, -0.2) is 0 Å². The molecule has 1 aromatic rings. The summed E-state index contributed by atoms with van der Waals surface area (Å²) in [5.41, 5.74) is 1.31. The summed E-state index contributed by atoms with van der Waals surface area (Å²) in [4.78, 5) is 6.90. The molecule has 17 heavy (non-hydrogen) atoms. The highest BCUT2D eigenvalue weighted by molar-refractivity contribution is 5.24. The molecule has 3 nitrogen and oxygen atoms in total. The van der Waals surface area contributed by atoms with Crippen LogP contribution >= 0.6 is 0 Å². The van der Waals surface area contributed by atoms with Crippen molar-refractivity contribution in [3.05, 3.63) is 24.0 Å². The molecule has 3 heterocycles. The first-order valence-electron chi connectivity index (χ1n) is 6.57. The van der Waals surface area contributed by atoms with E-state index in [-0.39, 0.29) is 0 Å². The van der Waals surface area contributed by atoms with E-state index in [9.17, 15) is 0 Å². The topological polar surface area (TPSA) is 25.4 Å². The molecule has 0 radical (unpaired) electrons. The molecule has 92 valence electrons. The van der Waals surface area contributed by atoms with Crippen LogP contribution in [0.1, 0.15) is 24.8 Å². The zero-order chi connectivity index (χ0) is 11.7. The Morgan fingerprint density at radius 1 is 1.35 bits per heavy atom. The number of aromatic nitrogens is 1. The van der Waals surface area contributed by atoms with E-state index in [1.54, 1.807) is 13.3 Å². The molecule has 3 rings (SSSR count). The van der Waals surface area contributed by atoms with Gasteiger partial charge in [-0.2, -0.15) is 0 Å². The predicted octanol–water partition coefficient (Wildman–Crippen LogP) is 2.12. The van der Waals surface area contributed by atoms with Crippen molar-refractivity contribution in [3.8, 4) is 5.75 Å². The lowest BCUT2D eigenvalue weighted by molar-refractivity contribution is 0.180. The van der Waals surface area contributed by atoms with Crippen LogP contribution in [0.15, 0.2) is 18.5 Å². The van der Waals surface area contributed by atoms with E-state index < -0.39 is 0 Å². The first kappa shape index (κ1) is 11.0. The fourth-order valence-corrected chi connectivity index (χ4v) is 3.23.